The summed E-state index contributed by atoms with van der Waals surface area (Å²) >= 11 is 1.35. The predicted molar refractivity (Wildman–Crippen MR) is 111 cm³/mol. The van der Waals surface area contributed by atoms with E-state index in [2.05, 4.69) is 11.4 Å². The number of anilines is 1. The Morgan fingerprint density at radius 2 is 2.03 bits per heavy atom. The number of thiophene rings is 1. The van der Waals surface area contributed by atoms with Crippen molar-refractivity contribution in [2.45, 2.75) is 19.9 Å². The van der Waals surface area contributed by atoms with Crippen LogP contribution in [0.4, 0.5) is 5.00 Å². The zero-order valence-electron chi connectivity index (χ0n) is 16.4. The van der Waals surface area contributed by atoms with Gasteiger partial charge in [0, 0.05) is 24.4 Å². The molecular weight excluding hydrogens is 390 g/mol. The minimum atomic E-state index is -0.335. The molecule has 0 fully saturated rings. The fourth-order valence-electron chi connectivity index (χ4n) is 3.16. The molecule has 8 heteroatoms. The number of amides is 2. The largest absolute Gasteiger partial charge is 0.493 e. The van der Waals surface area contributed by atoms with Crippen molar-refractivity contribution in [1.29, 1.82) is 5.26 Å². The fourth-order valence-corrected chi connectivity index (χ4v) is 4.38. The van der Waals surface area contributed by atoms with Crippen LogP contribution in [0.25, 0.3) is 6.08 Å². The van der Waals surface area contributed by atoms with E-state index in [1.165, 1.54) is 24.3 Å². The van der Waals surface area contributed by atoms with E-state index in [0.717, 1.165) is 16.0 Å². The number of nitrogens with zero attached hydrogens (tertiary/aromatic N) is 2. The van der Waals surface area contributed by atoms with Crippen LogP contribution in [-0.2, 0) is 22.6 Å². The lowest BCUT2D eigenvalue weighted by atomic mass is 10.0. The monoisotopic (exact) mass is 411 g/mol. The first-order chi connectivity index (χ1) is 14.0. The third-order valence-electron chi connectivity index (χ3n) is 4.69. The van der Waals surface area contributed by atoms with Gasteiger partial charge in [-0.3, -0.25) is 9.59 Å². The smallest absolute Gasteiger partial charge is 0.249 e. The predicted octanol–water partition coefficient (Wildman–Crippen LogP) is 3.19. The minimum absolute atomic E-state index is 0.00555. The summed E-state index contributed by atoms with van der Waals surface area (Å²) in [7, 11) is 3.11. The molecule has 1 aliphatic heterocycles. The van der Waals surface area contributed by atoms with Crippen molar-refractivity contribution in [1.82, 2.24) is 4.90 Å². The second kappa shape index (κ2) is 8.80. The lowest BCUT2D eigenvalue weighted by Gasteiger charge is -2.25. The lowest BCUT2D eigenvalue weighted by molar-refractivity contribution is -0.129. The van der Waals surface area contributed by atoms with E-state index in [-0.39, 0.29) is 11.8 Å². The van der Waals surface area contributed by atoms with Crippen LogP contribution in [-0.4, -0.2) is 37.5 Å². The molecular formula is C21H21N3O4S. The zero-order chi connectivity index (χ0) is 21.0. The number of nitriles is 1. The number of carbonyl (C=O) groups excluding carboxylic acids is 2. The molecule has 2 aromatic rings. The van der Waals surface area contributed by atoms with Crippen molar-refractivity contribution in [2.24, 2.45) is 0 Å². The van der Waals surface area contributed by atoms with Crippen LogP contribution in [0.5, 0.6) is 11.5 Å². The highest BCUT2D eigenvalue weighted by Crippen LogP contribution is 2.36. The molecule has 1 aromatic carbocycles. The normalized spacial score (nSPS) is 13.0. The van der Waals surface area contributed by atoms with Crippen LogP contribution in [0.15, 0.2) is 24.3 Å². The van der Waals surface area contributed by atoms with Crippen molar-refractivity contribution in [2.75, 3.05) is 26.1 Å². The van der Waals surface area contributed by atoms with E-state index >= 15 is 0 Å². The summed E-state index contributed by atoms with van der Waals surface area (Å²) in [4.78, 5) is 26.7. The van der Waals surface area contributed by atoms with E-state index < -0.39 is 0 Å². The number of hydrogen-bond donors (Lipinski definition) is 1. The highest BCUT2D eigenvalue weighted by molar-refractivity contribution is 7.16. The highest BCUT2D eigenvalue weighted by Gasteiger charge is 2.26. The van der Waals surface area contributed by atoms with Gasteiger partial charge in [-0.05, 0) is 35.8 Å². The van der Waals surface area contributed by atoms with Gasteiger partial charge in [0.2, 0.25) is 11.8 Å². The molecule has 0 aliphatic carbocycles. The van der Waals surface area contributed by atoms with Gasteiger partial charge in [-0.2, -0.15) is 5.26 Å². The number of rotatable bonds is 5. The molecule has 1 aromatic heterocycles. The first-order valence-corrected chi connectivity index (χ1v) is 9.79. The number of fused-ring (bicyclic) bond motifs is 1. The van der Waals surface area contributed by atoms with Gasteiger partial charge in [-0.25, -0.2) is 0 Å². The molecule has 150 valence electrons. The summed E-state index contributed by atoms with van der Waals surface area (Å²) in [6, 6.07) is 7.53. The molecule has 1 N–H and O–H groups in total. The number of hydrogen-bond acceptors (Lipinski definition) is 6. The van der Waals surface area contributed by atoms with E-state index in [0.29, 0.717) is 41.6 Å². The van der Waals surface area contributed by atoms with Gasteiger partial charge in [-0.15, -0.1) is 11.3 Å². The Morgan fingerprint density at radius 1 is 1.28 bits per heavy atom. The Balaban J connectivity index is 1.75. The maximum Gasteiger partial charge on any atom is 0.249 e. The molecule has 2 heterocycles. The van der Waals surface area contributed by atoms with Gasteiger partial charge in [0.1, 0.15) is 11.1 Å². The van der Waals surface area contributed by atoms with Crippen LogP contribution in [0.1, 0.15) is 28.5 Å². The van der Waals surface area contributed by atoms with Crippen LogP contribution >= 0.6 is 11.3 Å². The molecule has 1 aliphatic rings. The van der Waals surface area contributed by atoms with E-state index in [9.17, 15) is 14.9 Å². The van der Waals surface area contributed by atoms with Gasteiger partial charge in [0.05, 0.1) is 26.3 Å². The summed E-state index contributed by atoms with van der Waals surface area (Å²) in [6.07, 6.45) is 3.68. The maximum atomic E-state index is 12.4. The SMILES string of the molecule is COc1ccc(/C=C/C(=O)Nc2sc3c(c2C#N)CCN(C(C)=O)C3)cc1OC. The molecule has 29 heavy (non-hydrogen) atoms. The van der Waals surface area contributed by atoms with Crippen molar-refractivity contribution >= 4 is 34.2 Å². The Bertz CT molecular complexity index is 1020. The van der Waals surface area contributed by atoms with Crippen molar-refractivity contribution in [3.8, 4) is 17.6 Å². The summed E-state index contributed by atoms with van der Waals surface area (Å²) in [5.74, 6) is 0.851. The van der Waals surface area contributed by atoms with E-state index in [4.69, 9.17) is 9.47 Å². The summed E-state index contributed by atoms with van der Waals surface area (Å²) in [5, 5.41) is 12.9. The minimum Gasteiger partial charge on any atom is -0.493 e. The molecule has 3 rings (SSSR count). The van der Waals surface area contributed by atoms with Crippen molar-refractivity contribution < 1.29 is 19.1 Å². The molecule has 0 radical (unpaired) electrons. The summed E-state index contributed by atoms with van der Waals surface area (Å²) < 4.78 is 10.5. The second-order valence-corrected chi connectivity index (χ2v) is 7.55. The number of nitrogens with one attached hydrogen (secondary N) is 1. The molecule has 7 nitrogen and oxygen atoms in total. The van der Waals surface area contributed by atoms with Crippen LogP contribution in [0.3, 0.4) is 0 Å². The molecule has 0 saturated carbocycles. The highest BCUT2D eigenvalue weighted by atomic mass is 32.1. The number of methoxy groups -OCH3 is 2. The second-order valence-electron chi connectivity index (χ2n) is 6.45. The van der Waals surface area contributed by atoms with Gasteiger partial charge in [0.15, 0.2) is 11.5 Å². The zero-order valence-corrected chi connectivity index (χ0v) is 17.3. The third-order valence-corrected chi connectivity index (χ3v) is 5.82. The summed E-state index contributed by atoms with van der Waals surface area (Å²) in [6.45, 7) is 2.59. The van der Waals surface area contributed by atoms with Crippen LogP contribution < -0.4 is 14.8 Å². The average Bonchev–Trinajstić information content (AvgIpc) is 3.07. The first kappa shape index (κ1) is 20.4. The Hall–Kier alpha value is -3.31. The number of carbonyl (C=O) groups is 2. The fraction of sp³-hybridized carbons (Fsp3) is 0.286. The quantitative estimate of drug-likeness (QED) is 0.763. The first-order valence-electron chi connectivity index (χ1n) is 8.98. The Labute approximate surface area is 173 Å². The van der Waals surface area contributed by atoms with E-state index in [1.807, 2.05) is 6.07 Å². The average molecular weight is 411 g/mol. The van der Waals surface area contributed by atoms with Gasteiger partial charge in [0.25, 0.3) is 0 Å². The van der Waals surface area contributed by atoms with Crippen molar-refractivity contribution in [3.05, 3.63) is 45.8 Å². The maximum absolute atomic E-state index is 12.4. The topological polar surface area (TPSA) is 91.7 Å². The molecule has 0 saturated heterocycles. The molecule has 0 atom stereocenters. The third kappa shape index (κ3) is 4.41. The standard InChI is InChI=1S/C21H21N3O4S/c1-13(25)24-9-8-15-16(11-22)21(29-19(15)12-24)23-20(26)7-5-14-4-6-17(27-2)18(10-14)28-3/h4-7,10H,8-9,12H2,1-3H3,(H,23,26)/b7-5+. The van der Waals surface area contributed by atoms with Gasteiger partial charge < -0.3 is 19.7 Å². The summed E-state index contributed by atoms with van der Waals surface area (Å²) in [5.41, 5.74) is 2.19. The molecule has 2 amide bonds. The lowest BCUT2D eigenvalue weighted by Crippen LogP contribution is -2.33. The molecule has 0 unspecified atom stereocenters. The number of benzene rings is 1. The molecule has 0 bridgehead atoms. The molecule has 0 spiro atoms. The van der Waals surface area contributed by atoms with Gasteiger partial charge >= 0.3 is 0 Å². The van der Waals surface area contributed by atoms with Crippen molar-refractivity contribution in [3.63, 3.8) is 0 Å². The van der Waals surface area contributed by atoms with Gasteiger partial charge in [-0.1, -0.05) is 6.07 Å². The number of ether oxygens (including phenoxy) is 2. The van der Waals surface area contributed by atoms with Crippen LogP contribution in [0.2, 0.25) is 0 Å². The Kier molecular flexibility index (Phi) is 6.20. The van der Waals surface area contributed by atoms with Crippen LogP contribution in [0, 0.1) is 11.3 Å². The van der Waals surface area contributed by atoms with E-state index in [1.54, 1.807) is 37.3 Å². The Morgan fingerprint density at radius 3 is 2.69 bits per heavy atom.